The zero-order valence-corrected chi connectivity index (χ0v) is 20.7. The summed E-state index contributed by atoms with van der Waals surface area (Å²) < 4.78 is 11.3. The van der Waals surface area contributed by atoms with Crippen molar-refractivity contribution in [1.82, 2.24) is 0 Å². The summed E-state index contributed by atoms with van der Waals surface area (Å²) >= 11 is 0. The highest BCUT2D eigenvalue weighted by atomic mass is 16.5. The number of carbonyl (C=O) groups is 2. The van der Waals surface area contributed by atoms with Gasteiger partial charge in [0.15, 0.2) is 0 Å². The first kappa shape index (κ1) is 23.6. The topological polar surface area (TPSA) is 52.6 Å². The average Bonchev–Trinajstić information content (AvgIpc) is 3.01. The summed E-state index contributed by atoms with van der Waals surface area (Å²) in [6.45, 7) is 12.0. The highest BCUT2D eigenvalue weighted by molar-refractivity contribution is 5.77. The van der Waals surface area contributed by atoms with Crippen molar-refractivity contribution in [1.29, 1.82) is 0 Å². The largest absolute Gasteiger partial charge is 0.498 e. The van der Waals surface area contributed by atoms with Gasteiger partial charge in [0.1, 0.15) is 6.29 Å². The normalized spacial score (nSPS) is 39.7. The minimum absolute atomic E-state index is 0.0702. The number of hydrogen-bond acceptors (Lipinski definition) is 4. The van der Waals surface area contributed by atoms with Crippen LogP contribution in [-0.4, -0.2) is 25.5 Å². The van der Waals surface area contributed by atoms with Gasteiger partial charge in [-0.05, 0) is 110 Å². The smallest absolute Gasteiger partial charge is 0.302 e. The predicted octanol–water partition coefficient (Wildman–Crippen LogP) is 6.25. The summed E-state index contributed by atoms with van der Waals surface area (Å²) in [5.41, 5.74) is 2.64. The van der Waals surface area contributed by atoms with E-state index in [0.29, 0.717) is 42.8 Å². The van der Waals surface area contributed by atoms with E-state index >= 15 is 0 Å². The third-order valence-corrected chi connectivity index (χ3v) is 9.88. The quantitative estimate of drug-likeness (QED) is 0.360. The minimum Gasteiger partial charge on any atom is -0.498 e. The molecule has 4 aliphatic carbocycles. The number of carbonyl (C=O) groups excluding carboxylic acids is 2. The fourth-order valence-corrected chi connectivity index (χ4v) is 8.49. The molecule has 0 aromatic carbocycles. The molecule has 178 valence electrons. The Balaban J connectivity index is 1.64. The van der Waals surface area contributed by atoms with Gasteiger partial charge in [-0.15, -0.1) is 0 Å². The molecule has 7 atom stereocenters. The first-order chi connectivity index (χ1) is 15.2. The molecule has 0 amide bonds. The Labute approximate surface area is 194 Å². The molecule has 4 nitrogen and oxygen atoms in total. The lowest BCUT2D eigenvalue weighted by Gasteiger charge is -2.57. The molecule has 0 heterocycles. The van der Waals surface area contributed by atoms with Crippen LogP contribution in [0.5, 0.6) is 0 Å². The van der Waals surface area contributed by atoms with E-state index in [9.17, 15) is 9.59 Å². The van der Waals surface area contributed by atoms with Gasteiger partial charge in [-0.25, -0.2) is 0 Å². The summed E-state index contributed by atoms with van der Waals surface area (Å²) in [4.78, 5) is 23.7. The summed E-state index contributed by atoms with van der Waals surface area (Å²) in [5.74, 6) is 3.72. The van der Waals surface area contributed by atoms with Crippen LogP contribution in [0.1, 0.15) is 86.0 Å². The average molecular weight is 443 g/mol. The van der Waals surface area contributed by atoms with Crippen LogP contribution in [-0.2, 0) is 19.1 Å². The number of allylic oxidation sites excluding steroid dienone is 4. The molecule has 3 unspecified atom stereocenters. The van der Waals surface area contributed by atoms with Crippen LogP contribution in [0.2, 0.25) is 0 Å². The SMILES string of the molecule is CCOC1=CC2=C(C=O)CC3[C@H](CCC4(C)[C@@H]([C@H](C)COC(C)=O)CC[C@@H]34)C2(C)CCC1. The van der Waals surface area contributed by atoms with Gasteiger partial charge in [0.2, 0.25) is 0 Å². The number of rotatable bonds is 6. The number of esters is 1. The Kier molecular flexibility index (Phi) is 6.62. The van der Waals surface area contributed by atoms with E-state index in [1.807, 2.05) is 6.92 Å². The predicted molar refractivity (Wildman–Crippen MR) is 126 cm³/mol. The summed E-state index contributed by atoms with van der Waals surface area (Å²) in [7, 11) is 0. The molecule has 0 aromatic rings. The van der Waals surface area contributed by atoms with Crippen molar-refractivity contribution in [3.8, 4) is 0 Å². The molecule has 4 rings (SSSR count). The zero-order chi connectivity index (χ0) is 23.1. The van der Waals surface area contributed by atoms with Gasteiger partial charge >= 0.3 is 5.97 Å². The lowest BCUT2D eigenvalue weighted by molar-refractivity contribution is -0.143. The molecule has 0 spiro atoms. The van der Waals surface area contributed by atoms with E-state index in [1.165, 1.54) is 38.2 Å². The van der Waals surface area contributed by atoms with Crippen LogP contribution in [0.15, 0.2) is 23.0 Å². The molecule has 0 bridgehead atoms. The maximum atomic E-state index is 12.3. The molecule has 0 saturated heterocycles. The van der Waals surface area contributed by atoms with E-state index < -0.39 is 0 Å². The van der Waals surface area contributed by atoms with Gasteiger partial charge in [0.05, 0.1) is 19.0 Å². The number of fused-ring (bicyclic) bond motifs is 5. The van der Waals surface area contributed by atoms with Crippen LogP contribution in [0.4, 0.5) is 0 Å². The molecule has 0 aromatic heterocycles. The molecule has 0 N–H and O–H groups in total. The van der Waals surface area contributed by atoms with Crippen molar-refractivity contribution in [3.63, 3.8) is 0 Å². The van der Waals surface area contributed by atoms with Crippen molar-refractivity contribution >= 4 is 12.3 Å². The minimum atomic E-state index is -0.179. The van der Waals surface area contributed by atoms with Crippen molar-refractivity contribution in [2.24, 2.45) is 40.4 Å². The van der Waals surface area contributed by atoms with Crippen LogP contribution in [0.25, 0.3) is 0 Å². The van der Waals surface area contributed by atoms with Gasteiger partial charge < -0.3 is 9.47 Å². The third kappa shape index (κ3) is 3.86. The van der Waals surface area contributed by atoms with Gasteiger partial charge in [-0.1, -0.05) is 20.8 Å². The Bertz CT molecular complexity index is 810. The molecule has 0 radical (unpaired) electrons. The van der Waals surface area contributed by atoms with E-state index in [4.69, 9.17) is 9.47 Å². The molecule has 4 heteroatoms. The summed E-state index contributed by atoms with van der Waals surface area (Å²) in [6.07, 6.45) is 12.5. The number of ether oxygens (including phenoxy) is 2. The fourth-order valence-electron chi connectivity index (χ4n) is 8.49. The second kappa shape index (κ2) is 8.99. The van der Waals surface area contributed by atoms with Gasteiger partial charge in [-0.3, -0.25) is 9.59 Å². The van der Waals surface area contributed by atoms with E-state index in [0.717, 1.165) is 43.3 Å². The van der Waals surface area contributed by atoms with Crippen LogP contribution in [0.3, 0.4) is 0 Å². The molecule has 2 saturated carbocycles. The Hall–Kier alpha value is -1.58. The lowest BCUT2D eigenvalue weighted by Crippen LogP contribution is -2.50. The van der Waals surface area contributed by atoms with Crippen LogP contribution < -0.4 is 0 Å². The molecule has 4 aliphatic rings. The maximum Gasteiger partial charge on any atom is 0.302 e. The van der Waals surface area contributed by atoms with Crippen LogP contribution >= 0.6 is 0 Å². The molecular formula is C28H42O4. The Morgan fingerprint density at radius 3 is 2.69 bits per heavy atom. The van der Waals surface area contributed by atoms with Gasteiger partial charge in [0.25, 0.3) is 0 Å². The van der Waals surface area contributed by atoms with Gasteiger partial charge in [0, 0.05) is 13.3 Å². The van der Waals surface area contributed by atoms with Crippen molar-refractivity contribution in [2.45, 2.75) is 86.0 Å². The van der Waals surface area contributed by atoms with Crippen molar-refractivity contribution in [2.75, 3.05) is 13.2 Å². The van der Waals surface area contributed by atoms with Crippen LogP contribution in [0, 0.1) is 40.4 Å². The van der Waals surface area contributed by atoms with E-state index in [-0.39, 0.29) is 16.8 Å². The summed E-state index contributed by atoms with van der Waals surface area (Å²) in [6, 6.07) is 0. The first-order valence-corrected chi connectivity index (χ1v) is 12.9. The van der Waals surface area contributed by atoms with E-state index in [2.05, 4.69) is 26.8 Å². The lowest BCUT2D eigenvalue weighted by atomic mass is 9.47. The Morgan fingerprint density at radius 2 is 2.00 bits per heavy atom. The second-order valence-corrected chi connectivity index (χ2v) is 11.5. The first-order valence-electron chi connectivity index (χ1n) is 12.9. The van der Waals surface area contributed by atoms with Gasteiger partial charge in [-0.2, -0.15) is 0 Å². The molecule has 32 heavy (non-hydrogen) atoms. The zero-order valence-electron chi connectivity index (χ0n) is 20.7. The standard InChI is InChI=1S/C28H42O4/c1-6-31-21-8-7-12-27(4)25-11-13-28(5)23(18(2)17-32-19(3)30)9-10-24(28)22(25)14-20(16-29)26(27)15-21/h15-16,18,22-25H,6-14,17H2,1-5H3/t18-,22?,23-,24+,25+,27?,28?/m1/s1. The second-order valence-electron chi connectivity index (χ2n) is 11.5. The summed E-state index contributed by atoms with van der Waals surface area (Å²) in [5, 5.41) is 0. The molecule has 0 aliphatic heterocycles. The highest BCUT2D eigenvalue weighted by Gasteiger charge is 2.59. The monoisotopic (exact) mass is 442 g/mol. The van der Waals surface area contributed by atoms with Crippen molar-refractivity contribution in [3.05, 3.63) is 23.0 Å². The maximum absolute atomic E-state index is 12.3. The third-order valence-electron chi connectivity index (χ3n) is 9.88. The van der Waals surface area contributed by atoms with Crippen molar-refractivity contribution < 1.29 is 19.1 Å². The molecule has 2 fully saturated rings. The number of aldehydes is 1. The van der Waals surface area contributed by atoms with E-state index in [1.54, 1.807) is 0 Å². The fraction of sp³-hybridized carbons (Fsp3) is 0.786. The highest BCUT2D eigenvalue weighted by Crippen LogP contribution is 2.67. The molecular weight excluding hydrogens is 400 g/mol. The number of hydrogen-bond donors (Lipinski definition) is 0. The Morgan fingerprint density at radius 1 is 1.22 bits per heavy atom.